The Morgan fingerprint density at radius 3 is 2.81 bits per heavy atom. The molecule has 0 aliphatic carbocycles. The molecule has 1 atom stereocenters. The standard InChI is InChI=1S/C18H26ClN3O4/c1-5-25-16(23)13-10-20-15(19)9-14(13)21-12-7-6-8-22(11-12)17(24)26-18(2,3)4/h9-10,12H,5-8,11H2,1-4H3,(H,20,21). The van der Waals surface area contributed by atoms with Crippen molar-refractivity contribution in [2.45, 2.75) is 52.2 Å². The minimum absolute atomic E-state index is 0.0251. The summed E-state index contributed by atoms with van der Waals surface area (Å²) >= 11 is 5.98. The highest BCUT2D eigenvalue weighted by Crippen LogP contribution is 2.24. The molecule has 7 nitrogen and oxygen atoms in total. The Bertz CT molecular complexity index is 660. The van der Waals surface area contributed by atoms with Crippen LogP contribution >= 0.6 is 11.6 Å². The highest BCUT2D eigenvalue weighted by molar-refractivity contribution is 6.29. The lowest BCUT2D eigenvalue weighted by Crippen LogP contribution is -2.47. The van der Waals surface area contributed by atoms with Crippen LogP contribution in [0.5, 0.6) is 0 Å². The molecule has 0 saturated carbocycles. The molecule has 0 radical (unpaired) electrons. The maximum atomic E-state index is 12.3. The van der Waals surface area contributed by atoms with E-state index in [4.69, 9.17) is 21.1 Å². The van der Waals surface area contributed by atoms with Gasteiger partial charge in [0, 0.05) is 25.3 Å². The maximum Gasteiger partial charge on any atom is 0.410 e. The van der Waals surface area contributed by atoms with Crippen molar-refractivity contribution in [1.29, 1.82) is 0 Å². The van der Waals surface area contributed by atoms with Crippen LogP contribution in [0.3, 0.4) is 0 Å². The summed E-state index contributed by atoms with van der Waals surface area (Å²) in [4.78, 5) is 30.1. The van der Waals surface area contributed by atoms with Crippen molar-refractivity contribution in [3.8, 4) is 0 Å². The zero-order valence-corrected chi connectivity index (χ0v) is 16.4. The third-order valence-electron chi connectivity index (χ3n) is 3.80. The number of pyridine rings is 1. The second-order valence-electron chi connectivity index (χ2n) is 7.18. The summed E-state index contributed by atoms with van der Waals surface area (Å²) in [5.41, 5.74) is 0.345. The minimum atomic E-state index is -0.535. The molecule has 1 unspecified atom stereocenters. The van der Waals surface area contributed by atoms with Crippen molar-refractivity contribution in [1.82, 2.24) is 9.88 Å². The topological polar surface area (TPSA) is 80.8 Å². The first-order valence-electron chi connectivity index (χ1n) is 8.76. The van der Waals surface area contributed by atoms with Gasteiger partial charge in [-0.2, -0.15) is 0 Å². The van der Waals surface area contributed by atoms with E-state index < -0.39 is 11.6 Å². The van der Waals surface area contributed by atoms with Crippen LogP contribution in [0.15, 0.2) is 12.3 Å². The van der Waals surface area contributed by atoms with Gasteiger partial charge in [-0.3, -0.25) is 0 Å². The van der Waals surface area contributed by atoms with E-state index in [9.17, 15) is 9.59 Å². The lowest BCUT2D eigenvalue weighted by molar-refractivity contribution is 0.0205. The van der Waals surface area contributed by atoms with Gasteiger partial charge in [-0.1, -0.05) is 11.6 Å². The molecule has 0 bridgehead atoms. The van der Waals surface area contributed by atoms with Crippen LogP contribution in [0.4, 0.5) is 10.5 Å². The van der Waals surface area contributed by atoms with Crippen LogP contribution in [0, 0.1) is 0 Å². The number of nitrogens with zero attached hydrogens (tertiary/aromatic N) is 2. The molecule has 1 saturated heterocycles. The Balaban J connectivity index is 2.09. The van der Waals surface area contributed by atoms with Gasteiger partial charge in [0.05, 0.1) is 12.3 Å². The Labute approximate surface area is 159 Å². The Kier molecular flexibility index (Phi) is 6.69. The number of hydrogen-bond acceptors (Lipinski definition) is 6. The molecule has 1 fully saturated rings. The number of anilines is 1. The molecule has 1 aliphatic heterocycles. The van der Waals surface area contributed by atoms with Crippen LogP contribution in [0.1, 0.15) is 50.9 Å². The van der Waals surface area contributed by atoms with Crippen LogP contribution in [0.2, 0.25) is 5.15 Å². The number of ether oxygens (including phenoxy) is 2. The molecule has 144 valence electrons. The predicted molar refractivity (Wildman–Crippen MR) is 99.7 cm³/mol. The van der Waals surface area contributed by atoms with Crippen molar-refractivity contribution in [2.24, 2.45) is 0 Å². The first-order valence-corrected chi connectivity index (χ1v) is 9.14. The molecule has 8 heteroatoms. The van der Waals surface area contributed by atoms with Gasteiger partial charge in [0.2, 0.25) is 0 Å². The SMILES string of the molecule is CCOC(=O)c1cnc(Cl)cc1NC1CCCN(C(=O)OC(C)(C)C)C1. The quantitative estimate of drug-likeness (QED) is 0.630. The fraction of sp³-hybridized carbons (Fsp3) is 0.611. The molecule has 1 aliphatic rings. The molecule has 2 heterocycles. The van der Waals surface area contributed by atoms with Crippen molar-refractivity contribution >= 4 is 29.4 Å². The lowest BCUT2D eigenvalue weighted by Gasteiger charge is -2.35. The first-order chi connectivity index (χ1) is 12.2. The number of amides is 1. The fourth-order valence-corrected chi connectivity index (χ4v) is 2.89. The Morgan fingerprint density at radius 1 is 1.42 bits per heavy atom. The van der Waals surface area contributed by atoms with Gasteiger partial charge in [0.25, 0.3) is 0 Å². The van der Waals surface area contributed by atoms with Gasteiger partial charge in [0.1, 0.15) is 16.3 Å². The summed E-state index contributed by atoms with van der Waals surface area (Å²) in [5, 5.41) is 3.58. The van der Waals surface area contributed by atoms with Gasteiger partial charge in [-0.25, -0.2) is 14.6 Å². The molecule has 0 aromatic carbocycles. The summed E-state index contributed by atoms with van der Waals surface area (Å²) in [6, 6.07) is 1.57. The molecule has 1 N–H and O–H groups in total. The van der Waals surface area contributed by atoms with Crippen molar-refractivity contribution in [3.05, 3.63) is 23.0 Å². The van der Waals surface area contributed by atoms with E-state index >= 15 is 0 Å². The number of carbonyl (C=O) groups is 2. The van der Waals surface area contributed by atoms with Crippen molar-refractivity contribution in [2.75, 3.05) is 25.0 Å². The number of halogens is 1. The molecule has 2 rings (SSSR count). The third-order valence-corrected chi connectivity index (χ3v) is 4.01. The van der Waals surface area contributed by atoms with Crippen LogP contribution in [-0.2, 0) is 9.47 Å². The van der Waals surface area contributed by atoms with Crippen LogP contribution < -0.4 is 5.32 Å². The average Bonchev–Trinajstić information content (AvgIpc) is 2.54. The number of rotatable bonds is 4. The summed E-state index contributed by atoms with van der Waals surface area (Å²) < 4.78 is 10.5. The van der Waals surface area contributed by atoms with E-state index in [1.54, 1.807) is 17.9 Å². The molecular formula is C18H26ClN3O4. The van der Waals surface area contributed by atoms with E-state index in [2.05, 4.69) is 10.3 Å². The van der Waals surface area contributed by atoms with E-state index in [-0.39, 0.29) is 23.9 Å². The van der Waals surface area contributed by atoms with Crippen molar-refractivity contribution < 1.29 is 19.1 Å². The summed E-state index contributed by atoms with van der Waals surface area (Å²) in [7, 11) is 0. The average molecular weight is 384 g/mol. The zero-order valence-electron chi connectivity index (χ0n) is 15.7. The summed E-state index contributed by atoms with van der Waals surface area (Å²) in [6.45, 7) is 8.68. The lowest BCUT2D eigenvalue weighted by atomic mass is 10.1. The highest BCUT2D eigenvalue weighted by atomic mass is 35.5. The minimum Gasteiger partial charge on any atom is -0.462 e. The largest absolute Gasteiger partial charge is 0.462 e. The van der Waals surface area contributed by atoms with E-state index in [1.165, 1.54) is 6.20 Å². The number of carbonyl (C=O) groups excluding carboxylic acids is 2. The number of esters is 1. The second-order valence-corrected chi connectivity index (χ2v) is 7.57. The Hall–Kier alpha value is -2.02. The van der Waals surface area contributed by atoms with Gasteiger partial charge in [0.15, 0.2) is 0 Å². The first kappa shape index (κ1) is 20.3. The number of nitrogens with one attached hydrogen (secondary N) is 1. The van der Waals surface area contributed by atoms with Crippen molar-refractivity contribution in [3.63, 3.8) is 0 Å². The molecule has 0 spiro atoms. The monoisotopic (exact) mass is 383 g/mol. The normalized spacial score (nSPS) is 17.6. The molecule has 1 aromatic rings. The number of hydrogen-bond donors (Lipinski definition) is 1. The van der Waals surface area contributed by atoms with Gasteiger partial charge in [-0.15, -0.1) is 0 Å². The fourth-order valence-electron chi connectivity index (χ4n) is 2.73. The zero-order chi connectivity index (χ0) is 19.3. The molecule has 1 aromatic heterocycles. The van der Waals surface area contributed by atoms with Gasteiger partial charge >= 0.3 is 12.1 Å². The Morgan fingerprint density at radius 2 is 2.15 bits per heavy atom. The second kappa shape index (κ2) is 8.58. The highest BCUT2D eigenvalue weighted by Gasteiger charge is 2.28. The predicted octanol–water partition coefficient (Wildman–Crippen LogP) is 3.72. The number of likely N-dealkylation sites (tertiary alicyclic amines) is 1. The molecule has 1 amide bonds. The maximum absolute atomic E-state index is 12.3. The summed E-state index contributed by atoms with van der Waals surface area (Å²) in [5.74, 6) is -0.459. The summed E-state index contributed by atoms with van der Waals surface area (Å²) in [6.07, 6.45) is 2.77. The van der Waals surface area contributed by atoms with E-state index in [0.717, 1.165) is 12.8 Å². The number of piperidine rings is 1. The van der Waals surface area contributed by atoms with Crippen LogP contribution in [-0.4, -0.2) is 53.3 Å². The molecular weight excluding hydrogens is 358 g/mol. The van der Waals surface area contributed by atoms with E-state index in [0.29, 0.717) is 24.3 Å². The van der Waals surface area contributed by atoms with Gasteiger partial charge < -0.3 is 19.7 Å². The molecule has 26 heavy (non-hydrogen) atoms. The van der Waals surface area contributed by atoms with Crippen LogP contribution in [0.25, 0.3) is 0 Å². The van der Waals surface area contributed by atoms with Gasteiger partial charge in [-0.05, 0) is 46.6 Å². The van der Waals surface area contributed by atoms with E-state index in [1.807, 2.05) is 20.8 Å². The third kappa shape index (κ3) is 5.76. The smallest absolute Gasteiger partial charge is 0.410 e. The number of aromatic nitrogens is 1.